The molecule has 14 heavy (non-hydrogen) atoms. The minimum atomic E-state index is -0.611. The maximum Gasteiger partial charge on any atom is 0.357 e. The van der Waals surface area contributed by atoms with Gasteiger partial charge in [0.05, 0.1) is 19.9 Å². The molecule has 0 aliphatic carbocycles. The van der Waals surface area contributed by atoms with E-state index >= 15 is 0 Å². The Hall–Kier alpha value is -1.65. The molecule has 0 spiro atoms. The van der Waals surface area contributed by atoms with Crippen molar-refractivity contribution in [2.75, 3.05) is 13.7 Å². The maximum absolute atomic E-state index is 12.9. The number of methoxy groups -OCH3 is 1. The summed E-state index contributed by atoms with van der Waals surface area (Å²) >= 11 is 0. The first kappa shape index (κ1) is 10.4. The molecule has 5 heteroatoms. The molecule has 76 valence electrons. The Morgan fingerprint density at radius 3 is 2.93 bits per heavy atom. The number of carbonyl (C=O) groups is 1. The van der Waals surface area contributed by atoms with Gasteiger partial charge in [0.2, 0.25) is 0 Å². The highest BCUT2D eigenvalue weighted by Gasteiger charge is 2.12. The summed E-state index contributed by atoms with van der Waals surface area (Å²) in [6.45, 7) is 1.93. The summed E-state index contributed by atoms with van der Waals surface area (Å²) in [5.41, 5.74) is 0.0325. The first-order valence-corrected chi connectivity index (χ1v) is 4.05. The van der Waals surface area contributed by atoms with Crippen LogP contribution in [0.1, 0.15) is 17.4 Å². The van der Waals surface area contributed by atoms with Crippen LogP contribution in [0.2, 0.25) is 0 Å². The van der Waals surface area contributed by atoms with Gasteiger partial charge in [-0.15, -0.1) is 0 Å². The highest BCUT2D eigenvalue weighted by molar-refractivity contribution is 5.87. The summed E-state index contributed by atoms with van der Waals surface area (Å²) in [5, 5.41) is 0. The first-order valence-electron chi connectivity index (χ1n) is 4.05. The third-order valence-corrected chi connectivity index (χ3v) is 1.52. The van der Waals surface area contributed by atoms with Crippen molar-refractivity contribution in [3.8, 4) is 5.75 Å². The van der Waals surface area contributed by atoms with E-state index in [1.807, 2.05) is 0 Å². The summed E-state index contributed by atoms with van der Waals surface area (Å²) in [6, 6.07) is 1.20. The molecule has 0 N–H and O–H groups in total. The fourth-order valence-electron chi connectivity index (χ4n) is 0.893. The molecule has 0 aliphatic heterocycles. The Kier molecular flexibility index (Phi) is 3.39. The van der Waals surface area contributed by atoms with Crippen molar-refractivity contribution in [3.63, 3.8) is 0 Å². The van der Waals surface area contributed by atoms with Gasteiger partial charge in [-0.1, -0.05) is 0 Å². The third kappa shape index (κ3) is 2.18. The van der Waals surface area contributed by atoms with Gasteiger partial charge in [-0.05, 0) is 6.92 Å². The summed E-state index contributed by atoms with van der Waals surface area (Å²) < 4.78 is 22.3. The zero-order chi connectivity index (χ0) is 10.6. The fraction of sp³-hybridized carbons (Fsp3) is 0.333. The number of aromatic nitrogens is 1. The van der Waals surface area contributed by atoms with E-state index in [9.17, 15) is 9.18 Å². The SMILES string of the molecule is CCOC(=O)c1cc(OC)c(F)cn1. The Morgan fingerprint density at radius 1 is 1.64 bits per heavy atom. The molecule has 4 nitrogen and oxygen atoms in total. The standard InChI is InChI=1S/C9H10FNO3/c1-3-14-9(12)7-4-8(13-2)6(10)5-11-7/h4-5H,3H2,1-2H3. The molecule has 0 amide bonds. The lowest BCUT2D eigenvalue weighted by atomic mass is 10.3. The largest absolute Gasteiger partial charge is 0.494 e. The molecule has 0 radical (unpaired) electrons. The number of carbonyl (C=O) groups excluding carboxylic acids is 1. The Bertz CT molecular complexity index is 341. The van der Waals surface area contributed by atoms with E-state index in [0.29, 0.717) is 0 Å². The minimum Gasteiger partial charge on any atom is -0.494 e. The number of hydrogen-bond donors (Lipinski definition) is 0. The second-order valence-electron chi connectivity index (χ2n) is 2.42. The average molecular weight is 199 g/mol. The summed E-state index contributed by atoms with van der Waals surface area (Å²) in [5.74, 6) is -1.23. The van der Waals surface area contributed by atoms with Crippen LogP contribution in [0.4, 0.5) is 4.39 Å². The lowest BCUT2D eigenvalue weighted by molar-refractivity contribution is 0.0519. The van der Waals surface area contributed by atoms with Crippen molar-refractivity contribution in [2.24, 2.45) is 0 Å². The number of ether oxygens (including phenoxy) is 2. The lowest BCUT2D eigenvalue weighted by Crippen LogP contribution is -2.07. The van der Waals surface area contributed by atoms with Gasteiger partial charge >= 0.3 is 5.97 Å². The molecule has 0 saturated carbocycles. The number of halogens is 1. The van der Waals surface area contributed by atoms with Crippen LogP contribution >= 0.6 is 0 Å². The molecule has 0 saturated heterocycles. The summed E-state index contributed by atoms with van der Waals surface area (Å²) in [7, 11) is 1.31. The van der Waals surface area contributed by atoms with E-state index in [0.717, 1.165) is 6.20 Å². The van der Waals surface area contributed by atoms with Gasteiger partial charge in [0.25, 0.3) is 0 Å². The Labute approximate surface area is 80.7 Å². The van der Waals surface area contributed by atoms with Crippen LogP contribution in [0.5, 0.6) is 5.75 Å². The van der Waals surface area contributed by atoms with Gasteiger partial charge in [-0.2, -0.15) is 0 Å². The van der Waals surface area contributed by atoms with Gasteiger partial charge in [-0.3, -0.25) is 0 Å². The average Bonchev–Trinajstić information content (AvgIpc) is 2.19. The zero-order valence-corrected chi connectivity index (χ0v) is 7.91. The highest BCUT2D eigenvalue weighted by atomic mass is 19.1. The van der Waals surface area contributed by atoms with Gasteiger partial charge in [0.15, 0.2) is 17.3 Å². The topological polar surface area (TPSA) is 48.4 Å². The van der Waals surface area contributed by atoms with Crippen LogP contribution in [0.3, 0.4) is 0 Å². The molecular formula is C9H10FNO3. The summed E-state index contributed by atoms with van der Waals surface area (Å²) in [6.07, 6.45) is 0.922. The normalized spacial score (nSPS) is 9.64. The number of rotatable bonds is 3. The van der Waals surface area contributed by atoms with Crippen molar-refractivity contribution < 1.29 is 18.7 Å². The molecule has 0 aromatic carbocycles. The van der Waals surface area contributed by atoms with Crippen LogP contribution in [0, 0.1) is 5.82 Å². The number of esters is 1. The van der Waals surface area contributed by atoms with Crippen LogP contribution in [0.15, 0.2) is 12.3 Å². The fourth-order valence-corrected chi connectivity index (χ4v) is 0.893. The lowest BCUT2D eigenvalue weighted by Gasteiger charge is -2.04. The van der Waals surface area contributed by atoms with Crippen LogP contribution < -0.4 is 4.74 Å². The molecule has 0 bridgehead atoms. The monoisotopic (exact) mass is 199 g/mol. The van der Waals surface area contributed by atoms with Gasteiger partial charge in [-0.25, -0.2) is 14.2 Å². The second-order valence-corrected chi connectivity index (χ2v) is 2.42. The molecule has 1 heterocycles. The predicted molar refractivity (Wildman–Crippen MR) is 46.7 cm³/mol. The van der Waals surface area contributed by atoms with Crippen molar-refractivity contribution >= 4 is 5.97 Å². The number of nitrogens with zero attached hydrogens (tertiary/aromatic N) is 1. The Balaban J connectivity index is 2.94. The van der Waals surface area contributed by atoms with Crippen molar-refractivity contribution in [3.05, 3.63) is 23.8 Å². The van der Waals surface area contributed by atoms with E-state index in [2.05, 4.69) is 9.72 Å². The van der Waals surface area contributed by atoms with Gasteiger partial charge in [0.1, 0.15) is 0 Å². The van der Waals surface area contributed by atoms with Gasteiger partial charge in [0, 0.05) is 6.07 Å². The molecule has 0 atom stereocenters. The van der Waals surface area contributed by atoms with Crippen molar-refractivity contribution in [1.29, 1.82) is 0 Å². The van der Waals surface area contributed by atoms with E-state index < -0.39 is 11.8 Å². The number of hydrogen-bond acceptors (Lipinski definition) is 4. The van der Waals surface area contributed by atoms with E-state index in [4.69, 9.17) is 4.74 Å². The van der Waals surface area contributed by atoms with Crippen LogP contribution in [-0.2, 0) is 4.74 Å². The molecule has 1 rings (SSSR count). The van der Waals surface area contributed by atoms with E-state index in [-0.39, 0.29) is 18.1 Å². The molecule has 0 aliphatic rings. The molecular weight excluding hydrogens is 189 g/mol. The predicted octanol–water partition coefficient (Wildman–Crippen LogP) is 1.41. The number of pyridine rings is 1. The first-order chi connectivity index (χ1) is 6.69. The van der Waals surface area contributed by atoms with Crippen LogP contribution in [-0.4, -0.2) is 24.7 Å². The van der Waals surface area contributed by atoms with Crippen molar-refractivity contribution in [2.45, 2.75) is 6.92 Å². The maximum atomic E-state index is 12.9. The minimum absolute atomic E-state index is 0.0250. The van der Waals surface area contributed by atoms with E-state index in [1.165, 1.54) is 13.2 Å². The van der Waals surface area contributed by atoms with Gasteiger partial charge < -0.3 is 9.47 Å². The summed E-state index contributed by atoms with van der Waals surface area (Å²) in [4.78, 5) is 14.7. The second kappa shape index (κ2) is 4.55. The highest BCUT2D eigenvalue weighted by Crippen LogP contribution is 2.16. The third-order valence-electron chi connectivity index (χ3n) is 1.52. The quantitative estimate of drug-likeness (QED) is 0.690. The molecule has 0 fully saturated rings. The smallest absolute Gasteiger partial charge is 0.357 e. The Morgan fingerprint density at radius 2 is 2.36 bits per heavy atom. The van der Waals surface area contributed by atoms with Crippen molar-refractivity contribution in [1.82, 2.24) is 4.98 Å². The van der Waals surface area contributed by atoms with Crippen LogP contribution in [0.25, 0.3) is 0 Å². The molecule has 0 unspecified atom stereocenters. The molecule has 1 aromatic heterocycles. The molecule has 1 aromatic rings. The van der Waals surface area contributed by atoms with E-state index in [1.54, 1.807) is 6.92 Å². The zero-order valence-electron chi connectivity index (χ0n) is 7.91.